The number of rotatable bonds is 1. The van der Waals surface area contributed by atoms with Crippen molar-refractivity contribution < 1.29 is 9.68 Å². The number of hydrogen-bond acceptors (Lipinski definition) is 7. The number of benzene rings is 2. The molecule has 0 aliphatic carbocycles. The Morgan fingerprint density at radius 1 is 0.814 bits per heavy atom. The number of nitrogens with zero attached hydrogens (tertiary/aromatic N) is 4. The summed E-state index contributed by atoms with van der Waals surface area (Å²) >= 11 is 25.5. The zero-order valence-corrected chi connectivity index (χ0v) is 28.9. The minimum absolute atomic E-state index is 0.0411. The molecule has 7 fully saturated rings. The Kier molecular flexibility index (Phi) is 9.91. The maximum Gasteiger partial charge on any atom is 0.160 e. The van der Waals surface area contributed by atoms with Crippen molar-refractivity contribution >= 4 is 86.4 Å². The first-order valence-electron chi connectivity index (χ1n) is 14.7. The molecule has 2 atom stereocenters. The highest BCUT2D eigenvalue weighted by Crippen LogP contribution is 2.44. The van der Waals surface area contributed by atoms with Crippen molar-refractivity contribution in [1.29, 1.82) is 0 Å². The third kappa shape index (κ3) is 7.19. The Balaban J connectivity index is 0.000000127. The van der Waals surface area contributed by atoms with E-state index in [0.29, 0.717) is 37.8 Å². The van der Waals surface area contributed by atoms with E-state index in [0.717, 1.165) is 41.0 Å². The molecular weight excluding hydrogens is 745 g/mol. The molecule has 0 amide bonds. The first-order valence-corrected chi connectivity index (χ1v) is 17.2. The van der Waals surface area contributed by atoms with Gasteiger partial charge in [-0.1, -0.05) is 51.6 Å². The van der Waals surface area contributed by atoms with Gasteiger partial charge in [-0.05, 0) is 117 Å². The second-order valence-corrected chi connectivity index (χ2v) is 15.1. The fraction of sp³-hybridized carbons (Fsp3) is 0.533. The van der Waals surface area contributed by atoms with E-state index in [9.17, 15) is 0 Å². The molecule has 10 rings (SSSR count). The number of fused-ring (bicyclic) bond motifs is 4. The highest BCUT2D eigenvalue weighted by atomic mass is 127. The van der Waals surface area contributed by atoms with Crippen molar-refractivity contribution in [3.8, 4) is 0 Å². The summed E-state index contributed by atoms with van der Waals surface area (Å²) in [6.45, 7) is 6.91. The van der Waals surface area contributed by atoms with Crippen LogP contribution in [0.25, 0.3) is 0 Å². The predicted molar refractivity (Wildman–Crippen MR) is 183 cm³/mol. The van der Waals surface area contributed by atoms with Gasteiger partial charge in [0.05, 0.1) is 32.2 Å². The third-order valence-corrected chi connectivity index (χ3v) is 11.5. The molecule has 0 saturated carbocycles. The molecule has 4 bridgehead atoms. The van der Waals surface area contributed by atoms with Crippen LogP contribution in [0.1, 0.15) is 38.5 Å². The lowest BCUT2D eigenvalue weighted by molar-refractivity contribution is -0.150. The van der Waals surface area contributed by atoms with E-state index < -0.39 is 0 Å². The van der Waals surface area contributed by atoms with Gasteiger partial charge in [0, 0.05) is 29.0 Å². The molecule has 2 aromatic carbocycles. The van der Waals surface area contributed by atoms with Crippen LogP contribution in [0.5, 0.6) is 0 Å². The fourth-order valence-electron chi connectivity index (χ4n) is 7.15. The van der Waals surface area contributed by atoms with Gasteiger partial charge in [0.25, 0.3) is 0 Å². The standard InChI is InChI=1S/C15H17Cl2N3O.C9H15N3O.C6H3Cl2I/c16-12-2-1-11(7-13(12)17)18-14-8-15(21-19-14)9-20-5-3-10(15)4-6-20;10-8-5-9(13-11-8)6-12-3-1-7(9)2-4-12;7-5-2-1-4(9)3-6(5)8/h1-2,7,10H,3-6,8-9H2,(H,18,19);7H,1-6H2,(H2,10,11);1-3H. The molecule has 2 unspecified atom stereocenters. The number of halogens is 5. The maximum atomic E-state index is 6.03. The van der Waals surface area contributed by atoms with Crippen LogP contribution in [0.3, 0.4) is 0 Å². The number of piperidine rings is 6. The Bertz CT molecular complexity index is 1400. The molecule has 43 heavy (non-hydrogen) atoms. The molecule has 3 N–H and O–H groups in total. The lowest BCUT2D eigenvalue weighted by atomic mass is 9.74. The van der Waals surface area contributed by atoms with Crippen molar-refractivity contribution in [2.75, 3.05) is 39.3 Å². The van der Waals surface area contributed by atoms with Crippen LogP contribution in [-0.2, 0) is 9.68 Å². The van der Waals surface area contributed by atoms with E-state index in [4.69, 9.17) is 61.8 Å². The second-order valence-electron chi connectivity index (χ2n) is 12.2. The van der Waals surface area contributed by atoms with Crippen LogP contribution in [0.4, 0.5) is 5.69 Å². The molecule has 8 heterocycles. The summed E-state index contributed by atoms with van der Waals surface area (Å²) in [5.74, 6) is 2.87. The van der Waals surface area contributed by atoms with Crippen molar-refractivity contribution in [3.05, 3.63) is 60.1 Å². The number of hydroxylamine groups is 1. The van der Waals surface area contributed by atoms with E-state index in [1.165, 1.54) is 51.9 Å². The average molecular weight is 780 g/mol. The summed E-state index contributed by atoms with van der Waals surface area (Å²) in [6.07, 6.45) is 6.64. The molecule has 232 valence electrons. The molecule has 2 spiro atoms. The highest BCUT2D eigenvalue weighted by Gasteiger charge is 2.53. The van der Waals surface area contributed by atoms with Gasteiger partial charge in [0.1, 0.15) is 17.3 Å². The lowest BCUT2D eigenvalue weighted by Gasteiger charge is -2.49. The minimum Gasteiger partial charge on any atom is -0.386 e. The van der Waals surface area contributed by atoms with Gasteiger partial charge >= 0.3 is 0 Å². The molecule has 0 radical (unpaired) electrons. The molecule has 8 aliphatic rings. The zero-order chi connectivity index (χ0) is 30.2. The normalized spacial score (nSPS) is 34.3. The minimum atomic E-state index is -0.0917. The molecular formula is C30H35Cl4IN6O2. The Morgan fingerprint density at radius 3 is 1.88 bits per heavy atom. The van der Waals surface area contributed by atoms with E-state index in [1.54, 1.807) is 18.2 Å². The monoisotopic (exact) mass is 778 g/mol. The van der Waals surface area contributed by atoms with Gasteiger partial charge in [-0.2, -0.15) is 0 Å². The maximum absolute atomic E-state index is 6.03. The number of hydrogen-bond donors (Lipinski definition) is 2. The average Bonchev–Trinajstić information content (AvgIpc) is 3.57. The Hall–Kier alpha value is -1.05. The number of amidine groups is 2. The summed E-state index contributed by atoms with van der Waals surface area (Å²) in [5.41, 5.74) is 9.38. The van der Waals surface area contributed by atoms with Crippen molar-refractivity contribution in [2.45, 2.75) is 49.7 Å². The van der Waals surface area contributed by atoms with Gasteiger partial charge < -0.3 is 15.5 Å². The van der Waals surface area contributed by atoms with Gasteiger partial charge in [-0.25, -0.2) is 4.99 Å². The van der Waals surface area contributed by atoms with Crippen LogP contribution >= 0.6 is 69.0 Å². The first kappa shape index (κ1) is 31.9. The van der Waals surface area contributed by atoms with Crippen LogP contribution < -0.4 is 11.2 Å². The molecule has 7 saturated heterocycles. The Labute approximate surface area is 286 Å². The van der Waals surface area contributed by atoms with Gasteiger partial charge in [0.15, 0.2) is 5.60 Å². The van der Waals surface area contributed by atoms with Gasteiger partial charge in [0.2, 0.25) is 0 Å². The summed E-state index contributed by atoms with van der Waals surface area (Å²) < 4.78 is 1.10. The molecule has 0 aromatic heterocycles. The summed E-state index contributed by atoms with van der Waals surface area (Å²) in [5, 5.41) is 6.19. The largest absolute Gasteiger partial charge is 0.386 e. The molecule has 13 heteroatoms. The van der Waals surface area contributed by atoms with E-state index in [1.807, 2.05) is 18.2 Å². The molecule has 2 aromatic rings. The highest BCUT2D eigenvalue weighted by molar-refractivity contribution is 14.1. The smallest absolute Gasteiger partial charge is 0.160 e. The quantitative estimate of drug-likeness (QED) is 0.236. The van der Waals surface area contributed by atoms with E-state index in [2.05, 4.69) is 48.0 Å². The lowest BCUT2D eigenvalue weighted by Crippen LogP contribution is -2.59. The van der Waals surface area contributed by atoms with Gasteiger partial charge in [-0.3, -0.25) is 15.2 Å². The first-order chi connectivity index (χ1) is 20.6. The van der Waals surface area contributed by atoms with Gasteiger partial charge in [-0.15, -0.1) is 0 Å². The molecule has 8 nitrogen and oxygen atoms in total. The number of oxime groups is 1. The fourth-order valence-corrected chi connectivity index (χ4v) is 8.41. The SMILES string of the molecule is Clc1ccc(I)cc1Cl.Clc1ccc(N=C2CC3(CN4CCC3CC4)ON2)cc1Cl.NC1=NOC2(C1)CN1CCC2CC1. The number of nitrogens with two attached hydrogens (primary N) is 1. The van der Waals surface area contributed by atoms with Crippen LogP contribution in [-0.4, -0.2) is 71.9 Å². The zero-order valence-electron chi connectivity index (χ0n) is 23.7. The van der Waals surface area contributed by atoms with Crippen LogP contribution in [0, 0.1) is 15.4 Å². The predicted octanol–water partition coefficient (Wildman–Crippen LogP) is 7.15. The van der Waals surface area contributed by atoms with Crippen LogP contribution in [0.2, 0.25) is 20.1 Å². The second kappa shape index (κ2) is 13.4. The third-order valence-electron chi connectivity index (χ3n) is 9.36. The van der Waals surface area contributed by atoms with Crippen LogP contribution in [0.15, 0.2) is 46.5 Å². The van der Waals surface area contributed by atoms with E-state index in [-0.39, 0.29) is 11.2 Å². The number of nitrogens with one attached hydrogen (secondary N) is 1. The molecule has 8 aliphatic heterocycles. The van der Waals surface area contributed by atoms with Crippen molar-refractivity contribution in [3.63, 3.8) is 0 Å². The topological polar surface area (TPSA) is 87.7 Å². The van der Waals surface area contributed by atoms with Crippen molar-refractivity contribution in [2.24, 2.45) is 27.7 Å². The summed E-state index contributed by atoms with van der Waals surface area (Å²) in [6, 6.07) is 10.9. The Morgan fingerprint density at radius 2 is 1.40 bits per heavy atom. The number of aliphatic imine (C=N–C) groups is 1. The summed E-state index contributed by atoms with van der Waals surface area (Å²) in [7, 11) is 0. The summed E-state index contributed by atoms with van der Waals surface area (Å²) in [4.78, 5) is 21.1. The van der Waals surface area contributed by atoms with Crippen molar-refractivity contribution in [1.82, 2.24) is 15.3 Å². The van der Waals surface area contributed by atoms with E-state index >= 15 is 0 Å².